The van der Waals surface area contributed by atoms with Gasteiger partial charge < -0.3 is 42.6 Å². The predicted molar refractivity (Wildman–Crippen MR) is 328 cm³/mol. The topological polar surface area (TPSA) is 130 Å². The summed E-state index contributed by atoms with van der Waals surface area (Å²) in [5, 5.41) is 0. The van der Waals surface area contributed by atoms with Crippen molar-refractivity contribution in [1.29, 1.82) is 0 Å². The minimum Gasteiger partial charge on any atom is -0.377 e. The second-order valence-electron chi connectivity index (χ2n) is 20.9. The van der Waals surface area contributed by atoms with Gasteiger partial charge in [0.2, 0.25) is 0 Å². The maximum Gasteiger partial charge on any atom is 0.159 e. The van der Waals surface area contributed by atoms with Gasteiger partial charge in [-0.1, -0.05) is 43.3 Å². The summed E-state index contributed by atoms with van der Waals surface area (Å²) in [5.41, 5.74) is 11.9. The molecule has 0 aliphatic heterocycles. The number of aryl methyl sites for hydroxylation is 3. The number of fused-ring (bicyclic) bond motifs is 3. The van der Waals surface area contributed by atoms with Crippen molar-refractivity contribution < 1.29 is 14.2 Å². The molecule has 0 bridgehead atoms. The molecule has 0 aliphatic carbocycles. The molecule has 0 amide bonds. The van der Waals surface area contributed by atoms with Gasteiger partial charge in [0, 0.05) is 78.7 Å². The minimum atomic E-state index is -0.109. The van der Waals surface area contributed by atoms with Crippen LogP contribution in [0.25, 0.3) is 67.7 Å². The Hall–Kier alpha value is -7.20. The van der Waals surface area contributed by atoms with Gasteiger partial charge in [-0.15, -0.1) is 0 Å². The Labute approximate surface area is 474 Å². The number of hydrogen-bond acceptors (Lipinski definition) is 12. The summed E-state index contributed by atoms with van der Waals surface area (Å²) < 4.78 is 26.3. The normalized spacial score (nSPS) is 11.9. The van der Waals surface area contributed by atoms with E-state index in [-0.39, 0.29) is 5.41 Å². The molecule has 9 rings (SSSR count). The first kappa shape index (κ1) is 57.5. The van der Waals surface area contributed by atoms with Gasteiger partial charge >= 0.3 is 0 Å². The lowest BCUT2D eigenvalue weighted by Gasteiger charge is -2.29. The highest BCUT2D eigenvalue weighted by atomic mass is 16.5. The third-order valence-corrected chi connectivity index (χ3v) is 15.9. The van der Waals surface area contributed by atoms with Gasteiger partial charge in [-0.05, 0) is 176 Å². The van der Waals surface area contributed by atoms with E-state index in [4.69, 9.17) is 44.1 Å². The van der Waals surface area contributed by atoms with Gasteiger partial charge in [0.1, 0.15) is 34.5 Å². The van der Waals surface area contributed by atoms with Gasteiger partial charge in [-0.25, -0.2) is 29.9 Å². The van der Waals surface area contributed by atoms with E-state index in [1.54, 1.807) is 0 Å². The van der Waals surface area contributed by atoms with Crippen LogP contribution in [0.5, 0.6) is 0 Å². The van der Waals surface area contributed by atoms with Crippen molar-refractivity contribution in [2.75, 3.05) is 73.8 Å². The third kappa shape index (κ3) is 12.9. The van der Waals surface area contributed by atoms with E-state index in [9.17, 15) is 0 Å². The number of rotatable bonds is 30. The predicted octanol–water partition coefficient (Wildman–Crippen LogP) is 13.6. The molecule has 15 heteroatoms. The van der Waals surface area contributed by atoms with Crippen molar-refractivity contribution >= 4 is 50.6 Å². The molecule has 0 fully saturated rings. The molecule has 80 heavy (non-hydrogen) atoms. The van der Waals surface area contributed by atoms with Crippen molar-refractivity contribution in [2.24, 2.45) is 5.41 Å². The Kier molecular flexibility index (Phi) is 19.3. The number of ether oxygens (including phenoxy) is 3. The number of imidazole rings is 3. The van der Waals surface area contributed by atoms with Crippen LogP contribution in [0.1, 0.15) is 105 Å². The summed E-state index contributed by atoms with van der Waals surface area (Å²) in [6.45, 7) is 32.9. The fourth-order valence-corrected chi connectivity index (χ4v) is 11.1. The minimum absolute atomic E-state index is 0.109. The van der Waals surface area contributed by atoms with Crippen LogP contribution in [-0.4, -0.2) is 103 Å². The van der Waals surface area contributed by atoms with Gasteiger partial charge in [0.15, 0.2) is 17.5 Å². The smallest absolute Gasteiger partial charge is 0.159 e. The first-order chi connectivity index (χ1) is 39.1. The van der Waals surface area contributed by atoms with Crippen LogP contribution < -0.4 is 14.7 Å². The Morgan fingerprint density at radius 1 is 0.375 bits per heavy atom. The average molecular weight is 1080 g/mol. The molecule has 422 valence electrons. The van der Waals surface area contributed by atoms with E-state index in [1.165, 1.54) is 0 Å². The molecule has 0 N–H and O–H groups in total. The van der Waals surface area contributed by atoms with Crippen molar-refractivity contribution in [1.82, 2.24) is 43.6 Å². The summed E-state index contributed by atoms with van der Waals surface area (Å²) in [5.74, 6) is 5.56. The highest BCUT2D eigenvalue weighted by Gasteiger charge is 2.25. The second-order valence-corrected chi connectivity index (χ2v) is 20.9. The molecule has 0 unspecified atom stereocenters. The highest BCUT2D eigenvalue weighted by Crippen LogP contribution is 2.33. The zero-order chi connectivity index (χ0) is 56.2. The van der Waals surface area contributed by atoms with Crippen molar-refractivity contribution in [2.45, 2.75) is 128 Å². The standard InChI is InChI=1S/C65H84N12O3/c1-11-72(12-2)59-26-20-23-50(66-59)62-69-53-41-47(29-32-56(53)75(62)17-7)44-78-38-35-65(10,36-39-79-45-48-30-33-57-54(42-48)70-63(76(57)18-8)51-24-21-27-60(67-51)73(13-3)14-4)37-40-80-46-49-31-34-58-55(43-49)71-64(77(58)19-9)52-25-22-28-61(68-52)74(15-5)16-6/h20-34,41-43H,11-19,35-40,44-46H2,1-10H3. The summed E-state index contributed by atoms with van der Waals surface area (Å²) in [4.78, 5) is 37.3. The molecule has 0 aliphatic rings. The quantitative estimate of drug-likeness (QED) is 0.0397. The highest BCUT2D eigenvalue weighted by molar-refractivity contribution is 5.83. The monoisotopic (exact) mass is 1080 g/mol. The van der Waals surface area contributed by atoms with Crippen LogP contribution in [0.15, 0.2) is 109 Å². The molecule has 0 saturated heterocycles. The van der Waals surface area contributed by atoms with E-state index in [0.29, 0.717) is 39.6 Å². The first-order valence-electron chi connectivity index (χ1n) is 29.5. The lowest BCUT2D eigenvalue weighted by Crippen LogP contribution is -2.23. The van der Waals surface area contributed by atoms with E-state index < -0.39 is 0 Å². The second kappa shape index (κ2) is 26.8. The largest absolute Gasteiger partial charge is 0.377 e. The molecular formula is C65H84N12O3. The molecule has 3 aromatic carbocycles. The van der Waals surface area contributed by atoms with Crippen LogP contribution in [0, 0.1) is 5.41 Å². The van der Waals surface area contributed by atoms with Crippen molar-refractivity contribution in [3.8, 4) is 34.6 Å². The molecule has 0 saturated carbocycles. The number of pyridine rings is 3. The SMILES string of the molecule is CCN(CC)c1cccc(-c2nc3cc(COCCC(C)(CCOCc4ccc5c(c4)nc(-c4cccc(N(CC)CC)n4)n5CC)CCOCc4ccc5c(c4)nc(-c4cccc(N(CC)CC)n4)n5CC)ccc3n2CC)n1. The lowest BCUT2D eigenvalue weighted by atomic mass is 9.81. The zero-order valence-corrected chi connectivity index (χ0v) is 49.2. The first-order valence-corrected chi connectivity index (χ1v) is 29.5. The van der Waals surface area contributed by atoms with Crippen LogP contribution in [0.3, 0.4) is 0 Å². The van der Waals surface area contributed by atoms with E-state index in [2.05, 4.69) is 207 Å². The molecule has 0 spiro atoms. The molecule has 9 aromatic rings. The van der Waals surface area contributed by atoms with Crippen LogP contribution in [-0.2, 0) is 53.7 Å². The maximum atomic E-state index is 6.51. The van der Waals surface area contributed by atoms with Crippen LogP contribution in [0.2, 0.25) is 0 Å². The molecule has 15 nitrogen and oxygen atoms in total. The molecule has 0 radical (unpaired) electrons. The fraction of sp³-hybridized carbons (Fsp3) is 0.446. The van der Waals surface area contributed by atoms with Crippen LogP contribution in [0.4, 0.5) is 17.5 Å². The third-order valence-electron chi connectivity index (χ3n) is 15.9. The lowest BCUT2D eigenvalue weighted by molar-refractivity contribution is 0.0291. The summed E-state index contributed by atoms with van der Waals surface area (Å²) in [6, 6.07) is 38.2. The number of nitrogens with zero attached hydrogens (tertiary/aromatic N) is 12. The van der Waals surface area contributed by atoms with Crippen LogP contribution >= 0.6 is 0 Å². The van der Waals surface area contributed by atoms with Crippen molar-refractivity contribution in [3.63, 3.8) is 0 Å². The Morgan fingerprint density at radius 3 is 0.925 bits per heavy atom. The molecule has 6 aromatic heterocycles. The molecule has 0 atom stereocenters. The zero-order valence-electron chi connectivity index (χ0n) is 49.2. The van der Waals surface area contributed by atoms with Gasteiger partial charge in [0.25, 0.3) is 0 Å². The summed E-state index contributed by atoms with van der Waals surface area (Å²) >= 11 is 0. The summed E-state index contributed by atoms with van der Waals surface area (Å²) in [7, 11) is 0. The number of benzene rings is 3. The maximum absolute atomic E-state index is 6.51. The van der Waals surface area contributed by atoms with Gasteiger partial charge in [0.05, 0.1) is 52.9 Å². The Bertz CT molecular complexity index is 3100. The molecular weight excluding hydrogens is 997 g/mol. The van der Waals surface area contributed by atoms with E-state index in [0.717, 1.165) is 180 Å². The number of hydrogen-bond donors (Lipinski definition) is 0. The molecule has 6 heterocycles. The van der Waals surface area contributed by atoms with Crippen molar-refractivity contribution in [3.05, 3.63) is 126 Å². The summed E-state index contributed by atoms with van der Waals surface area (Å²) in [6.07, 6.45) is 2.56. The van der Waals surface area contributed by atoms with E-state index >= 15 is 0 Å². The Morgan fingerprint density at radius 2 is 0.662 bits per heavy atom. The van der Waals surface area contributed by atoms with Gasteiger partial charge in [-0.3, -0.25) is 0 Å². The number of anilines is 3. The average Bonchev–Trinajstić information content (AvgIpc) is 4.21. The van der Waals surface area contributed by atoms with Gasteiger partial charge in [-0.2, -0.15) is 0 Å². The number of aromatic nitrogens is 9. The van der Waals surface area contributed by atoms with E-state index in [1.807, 2.05) is 0 Å². The fourth-order valence-electron chi connectivity index (χ4n) is 11.1. The Balaban J connectivity index is 0.867.